The van der Waals surface area contributed by atoms with Gasteiger partial charge in [0.05, 0.1) is 6.61 Å². The standard InChI is InChI=1S/C23H22FN7O2/c1-13-8-19(22(32)30(2)3)25-9-15(13)17-11-27-23(31-12-28-29-21(17)31)26-10-16-14-6-7-33-20(14)5-4-18(16)24/h4-5,8-9,11-12H,6-7,10H2,1-3H3,(H,26,27). The van der Waals surface area contributed by atoms with E-state index < -0.39 is 0 Å². The summed E-state index contributed by atoms with van der Waals surface area (Å²) in [7, 11) is 3.37. The number of aromatic nitrogens is 5. The molecule has 3 aromatic heterocycles. The lowest BCUT2D eigenvalue weighted by molar-refractivity contribution is 0.0822. The van der Waals surface area contributed by atoms with E-state index in [0.717, 1.165) is 28.0 Å². The van der Waals surface area contributed by atoms with Crippen LogP contribution in [0.4, 0.5) is 10.3 Å². The predicted molar refractivity (Wildman–Crippen MR) is 120 cm³/mol. The monoisotopic (exact) mass is 447 g/mol. The van der Waals surface area contributed by atoms with Gasteiger partial charge < -0.3 is 15.0 Å². The van der Waals surface area contributed by atoms with Gasteiger partial charge in [0.25, 0.3) is 5.91 Å². The Kier molecular flexibility index (Phi) is 5.12. The van der Waals surface area contributed by atoms with Crippen molar-refractivity contribution in [3.05, 3.63) is 65.1 Å². The van der Waals surface area contributed by atoms with Gasteiger partial charge in [0, 0.05) is 61.7 Å². The Morgan fingerprint density at radius 2 is 2.06 bits per heavy atom. The van der Waals surface area contributed by atoms with Gasteiger partial charge in [-0.15, -0.1) is 10.2 Å². The van der Waals surface area contributed by atoms with Crippen molar-refractivity contribution in [2.75, 3.05) is 26.0 Å². The zero-order valence-electron chi connectivity index (χ0n) is 18.5. The highest BCUT2D eigenvalue weighted by Crippen LogP contribution is 2.31. The Labute approximate surface area is 189 Å². The van der Waals surface area contributed by atoms with Crippen molar-refractivity contribution in [2.24, 2.45) is 0 Å². The molecule has 10 heteroatoms. The Bertz CT molecular complexity index is 1380. The summed E-state index contributed by atoms with van der Waals surface area (Å²) in [6, 6.07) is 4.84. The molecule has 4 aromatic rings. The van der Waals surface area contributed by atoms with E-state index in [9.17, 15) is 9.18 Å². The summed E-state index contributed by atoms with van der Waals surface area (Å²) >= 11 is 0. The molecule has 1 aromatic carbocycles. The smallest absolute Gasteiger partial charge is 0.271 e. The highest BCUT2D eigenvalue weighted by Gasteiger charge is 2.20. The number of aryl methyl sites for hydroxylation is 1. The van der Waals surface area contributed by atoms with Crippen molar-refractivity contribution in [2.45, 2.75) is 19.9 Å². The third-order valence-corrected chi connectivity index (χ3v) is 5.72. The number of carbonyl (C=O) groups is 1. The first-order valence-electron chi connectivity index (χ1n) is 10.5. The number of anilines is 1. The molecule has 0 radical (unpaired) electrons. The van der Waals surface area contributed by atoms with Crippen molar-refractivity contribution in [1.29, 1.82) is 0 Å². The second-order valence-corrected chi connectivity index (χ2v) is 8.06. The molecule has 1 aliphatic rings. The number of ether oxygens (including phenoxy) is 1. The molecule has 0 saturated carbocycles. The lowest BCUT2D eigenvalue weighted by Gasteiger charge is -2.14. The van der Waals surface area contributed by atoms with Crippen LogP contribution in [0.3, 0.4) is 0 Å². The molecule has 0 unspecified atom stereocenters. The summed E-state index contributed by atoms with van der Waals surface area (Å²) in [6.45, 7) is 2.71. The van der Waals surface area contributed by atoms with Gasteiger partial charge in [-0.1, -0.05) is 0 Å². The Morgan fingerprint density at radius 1 is 1.24 bits per heavy atom. The van der Waals surface area contributed by atoms with Crippen LogP contribution < -0.4 is 10.1 Å². The molecule has 1 amide bonds. The average Bonchev–Trinajstić information content (AvgIpc) is 3.48. The van der Waals surface area contributed by atoms with Gasteiger partial charge in [0.15, 0.2) is 5.65 Å². The molecule has 0 bridgehead atoms. The van der Waals surface area contributed by atoms with Gasteiger partial charge in [0.2, 0.25) is 5.95 Å². The van der Waals surface area contributed by atoms with E-state index in [1.54, 1.807) is 49.3 Å². The molecule has 1 N–H and O–H groups in total. The molecule has 33 heavy (non-hydrogen) atoms. The molecule has 5 rings (SSSR count). The second-order valence-electron chi connectivity index (χ2n) is 8.06. The van der Waals surface area contributed by atoms with Gasteiger partial charge in [-0.3, -0.25) is 14.2 Å². The molecule has 1 aliphatic heterocycles. The normalized spacial score (nSPS) is 12.5. The van der Waals surface area contributed by atoms with Crippen molar-refractivity contribution in [3.63, 3.8) is 0 Å². The number of nitrogens with one attached hydrogen (secondary N) is 1. The van der Waals surface area contributed by atoms with Crippen molar-refractivity contribution in [1.82, 2.24) is 29.5 Å². The van der Waals surface area contributed by atoms with E-state index in [2.05, 4.69) is 25.5 Å². The fourth-order valence-electron chi connectivity index (χ4n) is 4.00. The number of nitrogens with zero attached hydrogens (tertiary/aromatic N) is 6. The first-order valence-corrected chi connectivity index (χ1v) is 10.5. The fourth-order valence-corrected chi connectivity index (χ4v) is 4.00. The number of fused-ring (bicyclic) bond motifs is 2. The zero-order chi connectivity index (χ0) is 23.1. The first kappa shape index (κ1) is 20.8. The lowest BCUT2D eigenvalue weighted by Crippen LogP contribution is -2.22. The van der Waals surface area contributed by atoms with Crippen LogP contribution in [0.1, 0.15) is 27.2 Å². The highest BCUT2D eigenvalue weighted by molar-refractivity contribution is 5.93. The SMILES string of the molecule is Cc1cc(C(=O)N(C)C)ncc1-c1cnc(NCc2c(F)ccc3c2CCO3)n2cnnc12. The van der Waals surface area contributed by atoms with Crippen LogP contribution >= 0.6 is 0 Å². The predicted octanol–water partition coefficient (Wildman–Crippen LogP) is 2.88. The third-order valence-electron chi connectivity index (χ3n) is 5.72. The average molecular weight is 447 g/mol. The maximum absolute atomic E-state index is 14.5. The summed E-state index contributed by atoms with van der Waals surface area (Å²) in [4.78, 5) is 22.6. The topological polar surface area (TPSA) is 97.5 Å². The molecule has 0 atom stereocenters. The lowest BCUT2D eigenvalue weighted by atomic mass is 10.0. The number of halogens is 1. The molecule has 0 spiro atoms. The van der Waals surface area contributed by atoms with Gasteiger partial charge in [-0.2, -0.15) is 0 Å². The Morgan fingerprint density at radius 3 is 2.85 bits per heavy atom. The summed E-state index contributed by atoms with van der Waals surface area (Å²) < 4.78 is 21.8. The molecule has 0 saturated heterocycles. The van der Waals surface area contributed by atoms with Crippen LogP contribution in [0.2, 0.25) is 0 Å². The molecule has 0 fully saturated rings. The highest BCUT2D eigenvalue weighted by atomic mass is 19.1. The van der Waals surface area contributed by atoms with Crippen LogP contribution in [0, 0.1) is 12.7 Å². The Balaban J connectivity index is 1.47. The summed E-state index contributed by atoms with van der Waals surface area (Å²) in [5.41, 5.74) is 4.78. The van der Waals surface area contributed by atoms with Crippen LogP contribution in [0.5, 0.6) is 5.75 Å². The Hall–Kier alpha value is -4.08. The number of benzene rings is 1. The number of hydrogen-bond donors (Lipinski definition) is 1. The van der Waals surface area contributed by atoms with Gasteiger partial charge in [0.1, 0.15) is 23.6 Å². The molecule has 168 valence electrons. The van der Waals surface area contributed by atoms with E-state index in [4.69, 9.17) is 4.74 Å². The van der Waals surface area contributed by atoms with Crippen molar-refractivity contribution >= 4 is 17.5 Å². The number of rotatable bonds is 5. The van der Waals surface area contributed by atoms with Crippen LogP contribution in [0.25, 0.3) is 16.8 Å². The summed E-state index contributed by atoms with van der Waals surface area (Å²) in [5.74, 6) is 0.766. The summed E-state index contributed by atoms with van der Waals surface area (Å²) in [5, 5.41) is 11.5. The molecular weight excluding hydrogens is 425 g/mol. The molecular formula is C23H22FN7O2. The van der Waals surface area contributed by atoms with Crippen molar-refractivity contribution < 1.29 is 13.9 Å². The molecule has 0 aliphatic carbocycles. The van der Waals surface area contributed by atoms with E-state index in [1.807, 2.05) is 6.92 Å². The van der Waals surface area contributed by atoms with E-state index in [-0.39, 0.29) is 18.3 Å². The molecule has 4 heterocycles. The van der Waals surface area contributed by atoms with Gasteiger partial charge >= 0.3 is 0 Å². The quantitative estimate of drug-likeness (QED) is 0.502. The van der Waals surface area contributed by atoms with Crippen LogP contribution in [-0.4, -0.2) is 56.1 Å². The number of carbonyl (C=O) groups excluding carboxylic acids is 1. The summed E-state index contributed by atoms with van der Waals surface area (Å²) in [6.07, 6.45) is 5.55. The van der Waals surface area contributed by atoms with E-state index >= 15 is 0 Å². The van der Waals surface area contributed by atoms with Crippen LogP contribution in [-0.2, 0) is 13.0 Å². The second kappa shape index (κ2) is 8.12. The minimum absolute atomic E-state index is 0.167. The van der Waals surface area contributed by atoms with Crippen LogP contribution in [0.15, 0.2) is 36.9 Å². The minimum Gasteiger partial charge on any atom is -0.493 e. The number of pyridine rings is 1. The molecule has 9 nitrogen and oxygen atoms in total. The minimum atomic E-state index is -0.280. The maximum atomic E-state index is 14.5. The van der Waals surface area contributed by atoms with Crippen molar-refractivity contribution in [3.8, 4) is 16.9 Å². The van der Waals surface area contributed by atoms with E-state index in [0.29, 0.717) is 35.9 Å². The third kappa shape index (κ3) is 3.63. The maximum Gasteiger partial charge on any atom is 0.271 e. The van der Waals surface area contributed by atoms with E-state index in [1.165, 1.54) is 11.0 Å². The first-order chi connectivity index (χ1) is 15.9. The largest absolute Gasteiger partial charge is 0.493 e. The van der Waals surface area contributed by atoms with Gasteiger partial charge in [-0.25, -0.2) is 9.37 Å². The van der Waals surface area contributed by atoms with Gasteiger partial charge in [-0.05, 0) is 30.7 Å². The number of amides is 1. The zero-order valence-corrected chi connectivity index (χ0v) is 18.5. The number of hydrogen-bond acceptors (Lipinski definition) is 7. The fraction of sp³-hybridized carbons (Fsp3) is 0.261.